The molecule has 12 heavy (non-hydrogen) atoms. The van der Waals surface area contributed by atoms with Crippen LogP contribution in [0.5, 0.6) is 0 Å². The molecule has 2 aromatic rings. The first-order valence-corrected chi connectivity index (χ1v) is 5.11. The number of thiazole rings is 1. The number of benzene rings is 1. The van der Waals surface area contributed by atoms with Gasteiger partial charge >= 0.3 is 0 Å². The quantitative estimate of drug-likeness (QED) is 0.686. The van der Waals surface area contributed by atoms with Gasteiger partial charge in [0, 0.05) is 0 Å². The van der Waals surface area contributed by atoms with Crippen molar-refractivity contribution in [3.63, 3.8) is 0 Å². The van der Waals surface area contributed by atoms with Crippen molar-refractivity contribution in [1.29, 1.82) is 0 Å². The van der Waals surface area contributed by atoms with Crippen LogP contribution >= 0.6 is 11.3 Å². The fourth-order valence-corrected chi connectivity index (χ4v) is 2.14. The van der Waals surface area contributed by atoms with E-state index in [9.17, 15) is 0 Å². The molecule has 0 saturated carbocycles. The third kappa shape index (κ3) is 1.23. The standard InChI is InChI=1S/C10H11NS/c1-2-4-8-5-3-6-9-10(8)11-7-12-9/h3,5-7H,2,4H2,1H3. The van der Waals surface area contributed by atoms with Crippen molar-refractivity contribution in [2.45, 2.75) is 19.8 Å². The van der Waals surface area contributed by atoms with Crippen LogP contribution in [0.15, 0.2) is 23.7 Å². The number of fused-ring (bicyclic) bond motifs is 1. The minimum atomic E-state index is 1.14. The smallest absolute Gasteiger partial charge is 0.0843 e. The van der Waals surface area contributed by atoms with Gasteiger partial charge in [-0.1, -0.05) is 25.5 Å². The number of aromatic nitrogens is 1. The molecular formula is C10H11NS. The lowest BCUT2D eigenvalue weighted by Crippen LogP contribution is -1.83. The maximum absolute atomic E-state index is 4.36. The lowest BCUT2D eigenvalue weighted by atomic mass is 10.1. The van der Waals surface area contributed by atoms with Crippen LogP contribution in [0.25, 0.3) is 10.2 Å². The summed E-state index contributed by atoms with van der Waals surface area (Å²) in [6.45, 7) is 2.20. The highest BCUT2D eigenvalue weighted by Gasteiger charge is 2.00. The highest BCUT2D eigenvalue weighted by Crippen LogP contribution is 2.21. The Kier molecular flexibility index (Phi) is 2.09. The molecule has 0 saturated heterocycles. The Labute approximate surface area is 76.1 Å². The fourth-order valence-electron chi connectivity index (χ4n) is 1.42. The molecule has 0 aliphatic carbocycles. The van der Waals surface area contributed by atoms with E-state index in [2.05, 4.69) is 30.1 Å². The number of aryl methyl sites for hydroxylation is 1. The molecule has 0 aliphatic rings. The highest BCUT2D eigenvalue weighted by molar-refractivity contribution is 7.16. The minimum absolute atomic E-state index is 1.14. The summed E-state index contributed by atoms with van der Waals surface area (Å²) in [5, 5.41) is 0. The third-order valence-corrected chi connectivity index (χ3v) is 2.76. The van der Waals surface area contributed by atoms with E-state index in [1.54, 1.807) is 11.3 Å². The van der Waals surface area contributed by atoms with Gasteiger partial charge < -0.3 is 0 Å². The Morgan fingerprint density at radius 1 is 1.42 bits per heavy atom. The maximum Gasteiger partial charge on any atom is 0.0843 e. The van der Waals surface area contributed by atoms with Crippen LogP contribution in [0.3, 0.4) is 0 Å². The first-order chi connectivity index (χ1) is 5.92. The van der Waals surface area contributed by atoms with E-state index in [0.29, 0.717) is 0 Å². The van der Waals surface area contributed by atoms with E-state index in [4.69, 9.17) is 0 Å². The molecule has 0 fully saturated rings. The Morgan fingerprint density at radius 2 is 2.33 bits per heavy atom. The molecular weight excluding hydrogens is 166 g/mol. The van der Waals surface area contributed by atoms with Crippen molar-refractivity contribution >= 4 is 21.6 Å². The van der Waals surface area contributed by atoms with Crippen LogP contribution in [-0.2, 0) is 6.42 Å². The lowest BCUT2D eigenvalue weighted by Gasteiger charge is -1.97. The van der Waals surface area contributed by atoms with Gasteiger partial charge in [-0.25, -0.2) is 4.98 Å². The average Bonchev–Trinajstić information content (AvgIpc) is 2.53. The van der Waals surface area contributed by atoms with E-state index in [-0.39, 0.29) is 0 Å². The van der Waals surface area contributed by atoms with Gasteiger partial charge in [-0.2, -0.15) is 0 Å². The molecule has 1 aromatic carbocycles. The van der Waals surface area contributed by atoms with Gasteiger partial charge in [-0.3, -0.25) is 0 Å². The van der Waals surface area contributed by atoms with E-state index < -0.39 is 0 Å². The third-order valence-electron chi connectivity index (χ3n) is 1.96. The van der Waals surface area contributed by atoms with Crippen LogP contribution in [0.4, 0.5) is 0 Å². The van der Waals surface area contributed by atoms with Crippen molar-refractivity contribution in [2.24, 2.45) is 0 Å². The predicted octanol–water partition coefficient (Wildman–Crippen LogP) is 3.25. The summed E-state index contributed by atoms with van der Waals surface area (Å²) in [7, 11) is 0. The number of nitrogens with zero attached hydrogens (tertiary/aromatic N) is 1. The maximum atomic E-state index is 4.36. The van der Waals surface area contributed by atoms with Crippen LogP contribution in [-0.4, -0.2) is 4.98 Å². The van der Waals surface area contributed by atoms with E-state index in [1.165, 1.54) is 22.2 Å². The molecule has 2 rings (SSSR count). The highest BCUT2D eigenvalue weighted by atomic mass is 32.1. The molecule has 2 heteroatoms. The topological polar surface area (TPSA) is 12.9 Å². The Bertz CT molecular complexity index is 378. The first-order valence-electron chi connectivity index (χ1n) is 4.23. The number of rotatable bonds is 2. The van der Waals surface area contributed by atoms with E-state index in [0.717, 1.165) is 6.42 Å². The Balaban J connectivity index is 2.57. The summed E-state index contributed by atoms with van der Waals surface area (Å²) >= 11 is 1.72. The van der Waals surface area contributed by atoms with Crippen LogP contribution < -0.4 is 0 Å². The molecule has 0 amide bonds. The largest absolute Gasteiger partial charge is 0.244 e. The zero-order valence-corrected chi connectivity index (χ0v) is 7.90. The van der Waals surface area contributed by atoms with Gasteiger partial charge in [0.05, 0.1) is 15.7 Å². The summed E-state index contributed by atoms with van der Waals surface area (Å²) in [5.74, 6) is 0. The van der Waals surface area contributed by atoms with Crippen LogP contribution in [0.2, 0.25) is 0 Å². The number of para-hydroxylation sites is 1. The summed E-state index contributed by atoms with van der Waals surface area (Å²) in [4.78, 5) is 4.36. The van der Waals surface area contributed by atoms with Gasteiger partial charge in [0.25, 0.3) is 0 Å². The van der Waals surface area contributed by atoms with Crippen molar-refractivity contribution in [3.05, 3.63) is 29.3 Å². The second-order valence-electron chi connectivity index (χ2n) is 2.87. The SMILES string of the molecule is CCCc1cccc2scnc12. The molecule has 0 radical (unpaired) electrons. The summed E-state index contributed by atoms with van der Waals surface area (Å²) < 4.78 is 1.31. The molecule has 0 N–H and O–H groups in total. The van der Waals surface area contributed by atoms with E-state index in [1.807, 2.05) is 5.51 Å². The molecule has 1 heterocycles. The molecule has 0 aliphatic heterocycles. The van der Waals surface area contributed by atoms with Crippen LogP contribution in [0, 0.1) is 0 Å². The van der Waals surface area contributed by atoms with Crippen molar-refractivity contribution in [3.8, 4) is 0 Å². The normalized spacial score (nSPS) is 10.8. The van der Waals surface area contributed by atoms with Crippen molar-refractivity contribution in [1.82, 2.24) is 4.98 Å². The number of hydrogen-bond donors (Lipinski definition) is 0. The predicted molar refractivity (Wildman–Crippen MR) is 53.6 cm³/mol. The second kappa shape index (κ2) is 3.23. The van der Waals surface area contributed by atoms with Gasteiger partial charge in [0.15, 0.2) is 0 Å². The van der Waals surface area contributed by atoms with Crippen molar-refractivity contribution in [2.75, 3.05) is 0 Å². The fraction of sp³-hybridized carbons (Fsp3) is 0.300. The first kappa shape index (κ1) is 7.74. The summed E-state index contributed by atoms with van der Waals surface area (Å²) in [5.41, 5.74) is 4.50. The Morgan fingerprint density at radius 3 is 3.17 bits per heavy atom. The molecule has 0 bridgehead atoms. The summed E-state index contributed by atoms with van der Waals surface area (Å²) in [6.07, 6.45) is 2.33. The molecule has 1 aromatic heterocycles. The number of hydrogen-bond acceptors (Lipinski definition) is 2. The van der Waals surface area contributed by atoms with Gasteiger partial charge in [0.2, 0.25) is 0 Å². The van der Waals surface area contributed by atoms with E-state index >= 15 is 0 Å². The lowest BCUT2D eigenvalue weighted by molar-refractivity contribution is 0.927. The van der Waals surface area contributed by atoms with Crippen molar-refractivity contribution < 1.29 is 0 Å². The average molecular weight is 177 g/mol. The molecule has 0 spiro atoms. The molecule has 0 unspecified atom stereocenters. The molecule has 1 nitrogen and oxygen atoms in total. The molecule has 0 atom stereocenters. The summed E-state index contributed by atoms with van der Waals surface area (Å²) in [6, 6.07) is 6.42. The minimum Gasteiger partial charge on any atom is -0.244 e. The molecule has 62 valence electrons. The Hall–Kier alpha value is -0.890. The van der Waals surface area contributed by atoms with Gasteiger partial charge in [0.1, 0.15) is 0 Å². The zero-order valence-electron chi connectivity index (χ0n) is 7.08. The van der Waals surface area contributed by atoms with Gasteiger partial charge in [-0.05, 0) is 18.1 Å². The monoisotopic (exact) mass is 177 g/mol. The van der Waals surface area contributed by atoms with Crippen LogP contribution in [0.1, 0.15) is 18.9 Å². The van der Waals surface area contributed by atoms with Gasteiger partial charge in [-0.15, -0.1) is 11.3 Å². The zero-order chi connectivity index (χ0) is 8.39. The second-order valence-corrected chi connectivity index (χ2v) is 3.75.